The Kier molecular flexibility index (Phi) is 5.99. The smallest absolute Gasteiger partial charge is 0.318 e. The van der Waals surface area contributed by atoms with Crippen LogP contribution < -0.4 is 21.9 Å². The molecule has 0 unspecified atom stereocenters. The molecule has 6 heteroatoms. The summed E-state index contributed by atoms with van der Waals surface area (Å²) in [6.07, 6.45) is 0. The molecule has 0 bridgehead atoms. The summed E-state index contributed by atoms with van der Waals surface area (Å²) in [4.78, 5) is 9.88. The maximum Gasteiger partial charge on any atom is 0.318 e. The largest absolute Gasteiger partial charge is 0.480 e. The number of carboxylic acid groups (broad SMARTS) is 1. The van der Waals surface area contributed by atoms with E-state index in [1.54, 1.807) is 0 Å². The van der Waals surface area contributed by atoms with E-state index in [2.05, 4.69) is 21.9 Å². The molecule has 0 rings (SSSR count). The predicted octanol–water partition coefficient (Wildman–Crippen LogP) is -1.81. The first-order valence-corrected chi connectivity index (χ1v) is 2.95. The Morgan fingerprint density at radius 3 is 2.50 bits per heavy atom. The van der Waals surface area contributed by atoms with Gasteiger partial charge in [0.15, 0.2) is 0 Å². The summed E-state index contributed by atoms with van der Waals surface area (Å²) < 4.78 is 0. The molecule has 10 heavy (non-hydrogen) atoms. The van der Waals surface area contributed by atoms with E-state index in [-0.39, 0.29) is 6.54 Å². The zero-order valence-electron chi connectivity index (χ0n) is 5.77. The first-order chi connectivity index (χ1) is 4.77. The highest BCUT2D eigenvalue weighted by atomic mass is 16.4. The Labute approximate surface area is 58.9 Å². The SMILES string of the molecule is CCNNNNCC(=O)O. The van der Waals surface area contributed by atoms with Crippen LogP contribution in [0.4, 0.5) is 0 Å². The maximum absolute atomic E-state index is 9.88. The Balaban J connectivity index is 2.84. The van der Waals surface area contributed by atoms with Crippen LogP contribution in [0.1, 0.15) is 6.92 Å². The number of hydrazine groups is 3. The van der Waals surface area contributed by atoms with Crippen molar-refractivity contribution in [3.63, 3.8) is 0 Å². The topological polar surface area (TPSA) is 85.4 Å². The van der Waals surface area contributed by atoms with Gasteiger partial charge >= 0.3 is 5.97 Å². The molecule has 0 saturated heterocycles. The summed E-state index contributed by atoms with van der Waals surface area (Å²) >= 11 is 0. The molecular weight excluding hydrogens is 136 g/mol. The van der Waals surface area contributed by atoms with Crippen LogP contribution in [0.5, 0.6) is 0 Å². The van der Waals surface area contributed by atoms with Gasteiger partial charge in [-0.3, -0.25) is 4.79 Å². The van der Waals surface area contributed by atoms with Crippen molar-refractivity contribution in [3.05, 3.63) is 0 Å². The molecule has 0 aromatic heterocycles. The quantitative estimate of drug-likeness (QED) is 0.225. The van der Waals surface area contributed by atoms with Crippen LogP contribution in [0.2, 0.25) is 0 Å². The molecule has 0 heterocycles. The van der Waals surface area contributed by atoms with Crippen LogP contribution in [0.3, 0.4) is 0 Å². The average molecular weight is 148 g/mol. The van der Waals surface area contributed by atoms with Gasteiger partial charge in [0, 0.05) is 6.54 Å². The van der Waals surface area contributed by atoms with Crippen LogP contribution in [0, 0.1) is 0 Å². The van der Waals surface area contributed by atoms with E-state index < -0.39 is 5.97 Å². The standard InChI is InChI=1S/C4H12N4O2/c1-2-5-7-8-6-3-4(9)10/h5-8H,2-3H2,1H3,(H,9,10). The zero-order chi connectivity index (χ0) is 7.82. The fourth-order valence-electron chi connectivity index (χ4n) is 0.297. The van der Waals surface area contributed by atoms with Crippen LogP contribution in [-0.4, -0.2) is 24.2 Å². The van der Waals surface area contributed by atoms with Gasteiger partial charge in [0.1, 0.15) is 6.54 Å². The monoisotopic (exact) mass is 148 g/mol. The number of carboxylic acids is 1. The molecule has 5 N–H and O–H groups in total. The van der Waals surface area contributed by atoms with Crippen molar-refractivity contribution in [2.75, 3.05) is 13.1 Å². The predicted molar refractivity (Wildman–Crippen MR) is 35.6 cm³/mol. The van der Waals surface area contributed by atoms with Crippen LogP contribution in [-0.2, 0) is 4.79 Å². The van der Waals surface area contributed by atoms with Gasteiger partial charge in [0.2, 0.25) is 0 Å². The summed E-state index contributed by atoms with van der Waals surface area (Å²) in [5.41, 5.74) is 10.0. The highest BCUT2D eigenvalue weighted by Gasteiger charge is 1.91. The third kappa shape index (κ3) is 7.31. The van der Waals surface area contributed by atoms with Crippen molar-refractivity contribution in [2.45, 2.75) is 6.92 Å². The summed E-state index contributed by atoms with van der Waals surface area (Å²) in [6.45, 7) is 2.53. The van der Waals surface area contributed by atoms with Crippen molar-refractivity contribution in [1.29, 1.82) is 0 Å². The molecule has 60 valence electrons. The summed E-state index contributed by atoms with van der Waals surface area (Å²) in [5.74, 6) is -0.911. The number of aliphatic carboxylic acids is 1. The number of hydrogen-bond donors (Lipinski definition) is 5. The molecule has 0 aromatic carbocycles. The van der Waals surface area contributed by atoms with Gasteiger partial charge in [-0.25, -0.2) is 10.9 Å². The van der Waals surface area contributed by atoms with E-state index in [0.717, 1.165) is 6.54 Å². The van der Waals surface area contributed by atoms with Crippen molar-refractivity contribution < 1.29 is 9.90 Å². The van der Waals surface area contributed by atoms with Gasteiger partial charge < -0.3 is 5.11 Å². The van der Waals surface area contributed by atoms with Crippen LogP contribution >= 0.6 is 0 Å². The summed E-state index contributed by atoms with van der Waals surface area (Å²) in [7, 11) is 0. The van der Waals surface area contributed by atoms with Crippen molar-refractivity contribution in [1.82, 2.24) is 21.9 Å². The second-order valence-corrected chi connectivity index (χ2v) is 1.53. The van der Waals surface area contributed by atoms with E-state index in [0.29, 0.717) is 0 Å². The minimum Gasteiger partial charge on any atom is -0.480 e. The Hall–Kier alpha value is -0.690. The maximum atomic E-state index is 9.88. The second kappa shape index (κ2) is 6.43. The first kappa shape index (κ1) is 9.31. The highest BCUT2D eigenvalue weighted by molar-refractivity contribution is 5.68. The van der Waals surface area contributed by atoms with E-state index in [4.69, 9.17) is 5.11 Å². The molecule has 0 amide bonds. The van der Waals surface area contributed by atoms with Crippen molar-refractivity contribution in [2.24, 2.45) is 0 Å². The van der Waals surface area contributed by atoms with Gasteiger partial charge in [0.05, 0.1) is 0 Å². The molecule has 6 nitrogen and oxygen atoms in total. The minimum absolute atomic E-state index is 0.127. The van der Waals surface area contributed by atoms with E-state index in [1.165, 1.54) is 0 Å². The molecule has 0 aliphatic rings. The normalized spacial score (nSPS) is 9.70. The fraction of sp³-hybridized carbons (Fsp3) is 0.750. The number of hydrogen-bond acceptors (Lipinski definition) is 5. The lowest BCUT2D eigenvalue weighted by Gasteiger charge is -2.05. The molecule has 0 aliphatic heterocycles. The molecule has 0 atom stereocenters. The number of carbonyl (C=O) groups is 1. The van der Waals surface area contributed by atoms with Crippen molar-refractivity contribution in [3.8, 4) is 0 Å². The molecule has 0 spiro atoms. The fourth-order valence-corrected chi connectivity index (χ4v) is 0.297. The van der Waals surface area contributed by atoms with Gasteiger partial charge in [-0.2, -0.15) is 11.1 Å². The Morgan fingerprint density at radius 1 is 1.40 bits per heavy atom. The first-order valence-electron chi connectivity index (χ1n) is 2.95. The van der Waals surface area contributed by atoms with Crippen LogP contribution in [0.25, 0.3) is 0 Å². The van der Waals surface area contributed by atoms with Gasteiger partial charge in [-0.15, -0.1) is 0 Å². The van der Waals surface area contributed by atoms with Gasteiger partial charge in [-0.1, -0.05) is 6.92 Å². The average Bonchev–Trinajstić information content (AvgIpc) is 1.87. The summed E-state index contributed by atoms with van der Waals surface area (Å²) in [6, 6.07) is 0. The molecular formula is C4H12N4O2. The van der Waals surface area contributed by atoms with Gasteiger partial charge in [0.25, 0.3) is 0 Å². The van der Waals surface area contributed by atoms with Crippen LogP contribution in [0.15, 0.2) is 0 Å². The number of rotatable bonds is 6. The number of nitrogens with one attached hydrogen (secondary N) is 4. The molecule has 0 aromatic rings. The summed E-state index contributed by atoms with van der Waals surface area (Å²) in [5, 5.41) is 8.12. The lowest BCUT2D eigenvalue weighted by atomic mass is 10.7. The molecule has 0 fully saturated rings. The minimum atomic E-state index is -0.911. The second-order valence-electron chi connectivity index (χ2n) is 1.53. The van der Waals surface area contributed by atoms with Crippen molar-refractivity contribution >= 4 is 5.97 Å². The van der Waals surface area contributed by atoms with Gasteiger partial charge in [-0.05, 0) is 0 Å². The Bertz CT molecular complexity index is 97.3. The molecule has 0 radical (unpaired) electrons. The lowest BCUT2D eigenvalue weighted by Crippen LogP contribution is -2.51. The molecule has 0 saturated carbocycles. The third-order valence-corrected chi connectivity index (χ3v) is 0.656. The van der Waals surface area contributed by atoms with E-state index >= 15 is 0 Å². The third-order valence-electron chi connectivity index (χ3n) is 0.656. The highest BCUT2D eigenvalue weighted by Crippen LogP contribution is 1.52. The Morgan fingerprint density at radius 2 is 2.00 bits per heavy atom. The van der Waals surface area contributed by atoms with E-state index in [9.17, 15) is 4.79 Å². The molecule has 0 aliphatic carbocycles. The lowest BCUT2D eigenvalue weighted by molar-refractivity contribution is -0.136. The zero-order valence-corrected chi connectivity index (χ0v) is 5.77. The van der Waals surface area contributed by atoms with E-state index in [1.807, 2.05) is 6.92 Å².